The number of hydrogen-bond donors (Lipinski definition) is 1. The first-order chi connectivity index (χ1) is 5.31. The van der Waals surface area contributed by atoms with E-state index >= 15 is 0 Å². The van der Waals surface area contributed by atoms with Crippen molar-refractivity contribution in [3.8, 4) is 0 Å². The van der Waals surface area contributed by atoms with Crippen molar-refractivity contribution in [2.45, 2.75) is 18.4 Å². The third-order valence-corrected chi connectivity index (χ3v) is 3.45. The molecular weight excluding hydrogens is 162 g/mol. The average Bonchev–Trinajstić information content (AvgIpc) is 2.37. The molecule has 4 heteroatoms. The lowest BCUT2D eigenvalue weighted by Crippen LogP contribution is -2.47. The molecule has 2 fully saturated rings. The fourth-order valence-electron chi connectivity index (χ4n) is 1.54. The molecule has 2 aliphatic rings. The number of thioether (sulfide) groups is 1. The van der Waals surface area contributed by atoms with E-state index in [2.05, 4.69) is 5.32 Å². The van der Waals surface area contributed by atoms with Crippen molar-refractivity contribution in [3.05, 3.63) is 0 Å². The van der Waals surface area contributed by atoms with Gasteiger partial charge in [0.25, 0.3) is 0 Å². The molecule has 2 rings (SSSR count). The summed E-state index contributed by atoms with van der Waals surface area (Å²) in [6.45, 7) is 0.777. The quantitative estimate of drug-likeness (QED) is 0.593. The summed E-state index contributed by atoms with van der Waals surface area (Å²) in [5.41, 5.74) is -0.104. The third kappa shape index (κ3) is 1.31. The second kappa shape index (κ2) is 2.59. The van der Waals surface area contributed by atoms with Gasteiger partial charge < -0.3 is 10.1 Å². The maximum Gasteiger partial charge on any atom is 0.407 e. The minimum Gasteiger partial charge on any atom is -0.442 e. The van der Waals surface area contributed by atoms with Gasteiger partial charge in [0.2, 0.25) is 0 Å². The first-order valence-electron chi connectivity index (χ1n) is 3.85. The van der Waals surface area contributed by atoms with Crippen molar-refractivity contribution in [2.75, 3.05) is 18.1 Å². The molecular formula is C7H11NO2S. The number of alkyl carbamates (subject to hydrolysis) is 1. The zero-order valence-corrected chi connectivity index (χ0v) is 7.08. The molecule has 1 amide bonds. The summed E-state index contributed by atoms with van der Waals surface area (Å²) < 4.78 is 5.26. The highest BCUT2D eigenvalue weighted by atomic mass is 32.2. The number of nitrogens with one attached hydrogen (secondary N) is 1. The standard InChI is InChI=1S/C7H11NO2S/c9-6-8-3-1-7(10-6)2-4-11-5-7/h1-5H2,(H,8,9). The summed E-state index contributed by atoms with van der Waals surface area (Å²) in [6.07, 6.45) is 1.77. The lowest BCUT2D eigenvalue weighted by atomic mass is 9.98. The Morgan fingerprint density at radius 2 is 2.45 bits per heavy atom. The van der Waals surface area contributed by atoms with Gasteiger partial charge in [0.1, 0.15) is 5.60 Å². The van der Waals surface area contributed by atoms with E-state index in [-0.39, 0.29) is 11.7 Å². The maximum atomic E-state index is 10.9. The van der Waals surface area contributed by atoms with Crippen LogP contribution in [0.2, 0.25) is 0 Å². The summed E-state index contributed by atoms with van der Waals surface area (Å²) in [7, 11) is 0. The highest BCUT2D eigenvalue weighted by Crippen LogP contribution is 2.35. The van der Waals surface area contributed by atoms with Crippen LogP contribution in [-0.2, 0) is 4.74 Å². The average molecular weight is 173 g/mol. The van der Waals surface area contributed by atoms with Crippen LogP contribution in [0.25, 0.3) is 0 Å². The van der Waals surface area contributed by atoms with Gasteiger partial charge in [-0.05, 0) is 12.2 Å². The molecule has 62 valence electrons. The van der Waals surface area contributed by atoms with Gasteiger partial charge in [-0.2, -0.15) is 11.8 Å². The predicted octanol–water partition coefficient (Wildman–Crippen LogP) is 0.992. The van der Waals surface area contributed by atoms with Gasteiger partial charge in [0.05, 0.1) is 0 Å². The molecule has 0 aromatic heterocycles. The first-order valence-corrected chi connectivity index (χ1v) is 5.01. The molecule has 2 aliphatic heterocycles. The fraction of sp³-hybridized carbons (Fsp3) is 0.857. The van der Waals surface area contributed by atoms with Crippen molar-refractivity contribution in [1.82, 2.24) is 5.32 Å². The van der Waals surface area contributed by atoms with Crippen LogP contribution in [0.1, 0.15) is 12.8 Å². The molecule has 1 atom stereocenters. The van der Waals surface area contributed by atoms with Gasteiger partial charge in [-0.3, -0.25) is 0 Å². The number of carbonyl (C=O) groups is 1. The normalized spacial score (nSPS) is 36.9. The lowest BCUT2D eigenvalue weighted by Gasteiger charge is -2.32. The van der Waals surface area contributed by atoms with Crippen LogP contribution in [0.4, 0.5) is 4.79 Å². The molecule has 0 bridgehead atoms. The van der Waals surface area contributed by atoms with Crippen molar-refractivity contribution in [2.24, 2.45) is 0 Å². The van der Waals surface area contributed by atoms with Crippen LogP contribution < -0.4 is 5.32 Å². The Balaban J connectivity index is 2.05. The third-order valence-electron chi connectivity index (χ3n) is 2.23. The minimum atomic E-state index is -0.237. The monoisotopic (exact) mass is 173 g/mol. The van der Waals surface area contributed by atoms with Gasteiger partial charge in [-0.15, -0.1) is 0 Å². The number of hydrogen-bond acceptors (Lipinski definition) is 3. The second-order valence-electron chi connectivity index (χ2n) is 3.05. The molecule has 3 nitrogen and oxygen atoms in total. The van der Waals surface area contributed by atoms with Crippen molar-refractivity contribution < 1.29 is 9.53 Å². The number of carbonyl (C=O) groups excluding carboxylic acids is 1. The maximum absolute atomic E-state index is 10.9. The number of ether oxygens (including phenoxy) is 1. The van der Waals surface area contributed by atoms with Crippen molar-refractivity contribution in [3.63, 3.8) is 0 Å². The van der Waals surface area contributed by atoms with Crippen LogP contribution in [0.5, 0.6) is 0 Å². The van der Waals surface area contributed by atoms with E-state index in [4.69, 9.17) is 4.74 Å². The zero-order chi connectivity index (χ0) is 7.73. The molecule has 0 aliphatic carbocycles. The molecule has 0 saturated carbocycles. The summed E-state index contributed by atoms with van der Waals surface area (Å²) in [5.74, 6) is 2.12. The van der Waals surface area contributed by atoms with E-state index in [0.717, 1.165) is 30.9 Å². The van der Waals surface area contributed by atoms with Crippen molar-refractivity contribution >= 4 is 17.9 Å². The SMILES string of the molecule is O=C1NCCC2(CCSC2)O1. The second-order valence-corrected chi connectivity index (χ2v) is 4.16. The topological polar surface area (TPSA) is 38.3 Å². The summed E-state index contributed by atoms with van der Waals surface area (Å²) in [4.78, 5) is 10.9. The van der Waals surface area contributed by atoms with E-state index in [9.17, 15) is 4.79 Å². The molecule has 1 N–H and O–H groups in total. The summed E-state index contributed by atoms with van der Waals surface area (Å²) in [5, 5.41) is 2.66. The number of rotatable bonds is 0. The van der Waals surface area contributed by atoms with Gasteiger partial charge in [0, 0.05) is 18.7 Å². The molecule has 0 radical (unpaired) electrons. The Morgan fingerprint density at radius 1 is 1.55 bits per heavy atom. The Kier molecular flexibility index (Phi) is 1.71. The molecule has 0 aromatic carbocycles. The van der Waals surface area contributed by atoms with E-state index in [0.29, 0.717) is 0 Å². The minimum absolute atomic E-state index is 0.104. The Hall–Kier alpha value is -0.380. The Morgan fingerprint density at radius 3 is 3.09 bits per heavy atom. The Bertz CT molecular complexity index is 177. The fourth-order valence-corrected chi connectivity index (χ4v) is 2.92. The highest BCUT2D eigenvalue weighted by molar-refractivity contribution is 7.99. The number of amides is 1. The molecule has 0 aromatic rings. The smallest absolute Gasteiger partial charge is 0.407 e. The van der Waals surface area contributed by atoms with Crippen LogP contribution >= 0.6 is 11.8 Å². The van der Waals surface area contributed by atoms with E-state index in [1.807, 2.05) is 11.8 Å². The molecule has 11 heavy (non-hydrogen) atoms. The van der Waals surface area contributed by atoms with Crippen LogP contribution in [-0.4, -0.2) is 29.7 Å². The molecule has 1 spiro atoms. The molecule has 2 heterocycles. The van der Waals surface area contributed by atoms with Gasteiger partial charge in [-0.25, -0.2) is 4.79 Å². The van der Waals surface area contributed by atoms with E-state index in [1.165, 1.54) is 0 Å². The lowest BCUT2D eigenvalue weighted by molar-refractivity contribution is 0.00673. The van der Waals surface area contributed by atoms with Crippen LogP contribution in [0.15, 0.2) is 0 Å². The van der Waals surface area contributed by atoms with E-state index < -0.39 is 0 Å². The summed E-state index contributed by atoms with van der Waals surface area (Å²) >= 11 is 1.88. The van der Waals surface area contributed by atoms with Gasteiger partial charge >= 0.3 is 6.09 Å². The zero-order valence-electron chi connectivity index (χ0n) is 6.26. The van der Waals surface area contributed by atoms with Crippen LogP contribution in [0, 0.1) is 0 Å². The first kappa shape index (κ1) is 7.28. The Labute approximate surface area is 69.9 Å². The highest BCUT2D eigenvalue weighted by Gasteiger charge is 2.40. The summed E-state index contributed by atoms with van der Waals surface area (Å²) in [6, 6.07) is 0. The molecule has 2 saturated heterocycles. The largest absolute Gasteiger partial charge is 0.442 e. The van der Waals surface area contributed by atoms with Gasteiger partial charge in [-0.1, -0.05) is 0 Å². The molecule has 1 unspecified atom stereocenters. The van der Waals surface area contributed by atoms with E-state index in [1.54, 1.807) is 0 Å². The predicted molar refractivity (Wildman–Crippen MR) is 43.8 cm³/mol. The van der Waals surface area contributed by atoms with Gasteiger partial charge in [0.15, 0.2) is 0 Å². The van der Waals surface area contributed by atoms with Crippen LogP contribution in [0.3, 0.4) is 0 Å². The van der Waals surface area contributed by atoms with Crippen molar-refractivity contribution in [1.29, 1.82) is 0 Å².